The van der Waals surface area contributed by atoms with Crippen LogP contribution in [0.15, 0.2) is 41.3 Å². The van der Waals surface area contributed by atoms with Crippen molar-refractivity contribution in [2.24, 2.45) is 0 Å². The van der Waals surface area contributed by atoms with Crippen LogP contribution in [0.4, 0.5) is 11.4 Å². The van der Waals surface area contributed by atoms with Gasteiger partial charge in [-0.1, -0.05) is 24.6 Å². The van der Waals surface area contributed by atoms with Gasteiger partial charge in [-0.25, -0.2) is 8.42 Å². The topological polar surface area (TPSA) is 93.7 Å². The average molecular weight is 407 g/mol. The monoisotopic (exact) mass is 406 g/mol. The molecule has 0 saturated carbocycles. The first-order valence-corrected chi connectivity index (χ1v) is 10.6. The van der Waals surface area contributed by atoms with Gasteiger partial charge in [0.05, 0.1) is 29.5 Å². The minimum absolute atomic E-state index is 0.141. The fraction of sp³-hybridized carbons (Fsp3) is 0.350. The number of hydrogen-bond acceptors (Lipinski definition) is 5. The van der Waals surface area contributed by atoms with Crippen molar-refractivity contribution in [3.63, 3.8) is 0 Å². The van der Waals surface area contributed by atoms with E-state index < -0.39 is 10.0 Å². The minimum atomic E-state index is -3.82. The molecule has 0 bridgehead atoms. The molecule has 0 aromatic heterocycles. The largest absolute Gasteiger partial charge is 0.492 e. The van der Waals surface area contributed by atoms with Gasteiger partial charge in [0, 0.05) is 18.6 Å². The van der Waals surface area contributed by atoms with Crippen LogP contribution in [-0.4, -0.2) is 27.5 Å². The summed E-state index contributed by atoms with van der Waals surface area (Å²) < 4.78 is 39.3. The van der Waals surface area contributed by atoms with Gasteiger partial charge in [0.25, 0.3) is 10.0 Å². The highest BCUT2D eigenvalue weighted by Gasteiger charge is 2.20. The van der Waals surface area contributed by atoms with E-state index in [0.717, 1.165) is 5.56 Å². The van der Waals surface area contributed by atoms with E-state index in [1.165, 1.54) is 18.2 Å². The number of sulfonamides is 1. The minimum Gasteiger partial charge on any atom is -0.492 e. The summed E-state index contributed by atoms with van der Waals surface area (Å²) in [6.45, 7) is 7.90. The number of ether oxygens (including phenoxy) is 2. The summed E-state index contributed by atoms with van der Waals surface area (Å²) in [5.74, 6) is 0.471. The highest BCUT2D eigenvalue weighted by atomic mass is 32.2. The van der Waals surface area contributed by atoms with E-state index in [2.05, 4.69) is 10.0 Å². The summed E-state index contributed by atoms with van der Waals surface area (Å²) in [5, 5.41) is 2.75. The van der Waals surface area contributed by atoms with Crippen LogP contribution in [0.2, 0.25) is 0 Å². The molecule has 0 heterocycles. The normalized spacial score (nSPS) is 11.0. The Balaban J connectivity index is 2.47. The molecule has 0 radical (unpaired) electrons. The predicted octanol–water partition coefficient (Wildman–Crippen LogP) is 3.94. The molecule has 0 spiro atoms. The molecule has 0 atom stereocenters. The molecule has 2 aromatic rings. The fourth-order valence-corrected chi connectivity index (χ4v) is 3.51. The molecule has 152 valence electrons. The standard InChI is InChI=1S/C20H26N2O5S/c1-5-20(23)21-16-12-19(27-7-3)17(13-18(16)26-6-2)22-28(24,25)15-10-8-14(4)9-11-15/h8-13,22H,5-7H2,1-4H3,(H,21,23). The number of aryl methyl sites for hydroxylation is 1. The maximum atomic E-state index is 12.8. The Kier molecular flexibility index (Phi) is 7.28. The Hall–Kier alpha value is -2.74. The molecule has 0 unspecified atom stereocenters. The van der Waals surface area contributed by atoms with Crippen LogP contribution in [0.25, 0.3) is 0 Å². The molecule has 0 aliphatic rings. The van der Waals surface area contributed by atoms with Crippen molar-refractivity contribution in [3.05, 3.63) is 42.0 Å². The lowest BCUT2D eigenvalue weighted by Crippen LogP contribution is -2.15. The zero-order chi connectivity index (χ0) is 20.7. The molecule has 2 N–H and O–H groups in total. The van der Waals surface area contributed by atoms with Gasteiger partial charge in [0.2, 0.25) is 5.91 Å². The quantitative estimate of drug-likeness (QED) is 0.658. The van der Waals surface area contributed by atoms with Crippen LogP contribution in [-0.2, 0) is 14.8 Å². The second-order valence-corrected chi connectivity index (χ2v) is 7.71. The van der Waals surface area contributed by atoms with Crippen molar-refractivity contribution < 1.29 is 22.7 Å². The van der Waals surface area contributed by atoms with E-state index in [4.69, 9.17) is 9.47 Å². The first kappa shape index (κ1) is 21.6. The maximum Gasteiger partial charge on any atom is 0.262 e. The summed E-state index contributed by atoms with van der Waals surface area (Å²) in [6, 6.07) is 9.62. The van der Waals surface area contributed by atoms with E-state index in [-0.39, 0.29) is 16.5 Å². The number of carbonyl (C=O) groups excluding carboxylic acids is 1. The molecular formula is C20H26N2O5S. The molecule has 8 heteroatoms. The first-order valence-electron chi connectivity index (χ1n) is 9.13. The number of nitrogens with one attached hydrogen (secondary N) is 2. The number of rotatable bonds is 9. The summed E-state index contributed by atoms with van der Waals surface area (Å²) >= 11 is 0. The number of anilines is 2. The highest BCUT2D eigenvalue weighted by molar-refractivity contribution is 7.92. The van der Waals surface area contributed by atoms with Crippen LogP contribution in [0, 0.1) is 6.92 Å². The third kappa shape index (κ3) is 5.39. The summed E-state index contributed by atoms with van der Waals surface area (Å²) in [6.07, 6.45) is 0.303. The van der Waals surface area contributed by atoms with Crippen molar-refractivity contribution in [1.82, 2.24) is 0 Å². The third-order valence-corrected chi connectivity index (χ3v) is 5.23. The molecule has 2 aromatic carbocycles. The van der Waals surface area contributed by atoms with Crippen LogP contribution in [0.5, 0.6) is 11.5 Å². The lowest BCUT2D eigenvalue weighted by molar-refractivity contribution is -0.115. The Morgan fingerprint density at radius 3 is 2.00 bits per heavy atom. The van der Waals surface area contributed by atoms with Crippen LogP contribution < -0.4 is 19.5 Å². The van der Waals surface area contributed by atoms with Crippen molar-refractivity contribution in [1.29, 1.82) is 0 Å². The summed E-state index contributed by atoms with van der Waals surface area (Å²) in [5.41, 5.74) is 1.62. The van der Waals surface area contributed by atoms with Gasteiger partial charge in [-0.3, -0.25) is 9.52 Å². The Bertz CT molecular complexity index is 924. The van der Waals surface area contributed by atoms with Gasteiger partial charge in [-0.2, -0.15) is 0 Å². The van der Waals surface area contributed by atoms with Gasteiger partial charge in [0.15, 0.2) is 0 Å². The SMILES string of the molecule is CCOc1cc(NS(=O)(=O)c2ccc(C)cc2)c(OCC)cc1NC(=O)CC. The lowest BCUT2D eigenvalue weighted by Gasteiger charge is -2.18. The van der Waals surface area contributed by atoms with Gasteiger partial charge in [-0.15, -0.1) is 0 Å². The zero-order valence-electron chi connectivity index (χ0n) is 16.5. The first-order chi connectivity index (χ1) is 13.3. The van der Waals surface area contributed by atoms with Crippen molar-refractivity contribution in [2.75, 3.05) is 23.3 Å². The maximum absolute atomic E-state index is 12.8. The number of amides is 1. The molecule has 0 fully saturated rings. The van der Waals surface area contributed by atoms with Gasteiger partial charge in [-0.05, 0) is 32.9 Å². The Labute approximate surface area is 166 Å². The van der Waals surface area contributed by atoms with E-state index in [0.29, 0.717) is 36.8 Å². The van der Waals surface area contributed by atoms with Crippen molar-refractivity contribution >= 4 is 27.3 Å². The average Bonchev–Trinajstić information content (AvgIpc) is 2.65. The van der Waals surface area contributed by atoms with E-state index in [1.807, 2.05) is 6.92 Å². The van der Waals surface area contributed by atoms with Crippen LogP contribution in [0.3, 0.4) is 0 Å². The fourth-order valence-electron chi connectivity index (χ4n) is 2.45. The van der Waals surface area contributed by atoms with Crippen LogP contribution >= 0.6 is 0 Å². The van der Waals surface area contributed by atoms with E-state index in [9.17, 15) is 13.2 Å². The molecule has 7 nitrogen and oxygen atoms in total. The van der Waals surface area contributed by atoms with E-state index in [1.54, 1.807) is 39.0 Å². The molecule has 2 rings (SSSR count). The van der Waals surface area contributed by atoms with Crippen LogP contribution in [0.1, 0.15) is 32.8 Å². The van der Waals surface area contributed by atoms with Crippen molar-refractivity contribution in [3.8, 4) is 11.5 Å². The second-order valence-electron chi connectivity index (χ2n) is 6.03. The Morgan fingerprint density at radius 2 is 1.46 bits per heavy atom. The highest BCUT2D eigenvalue weighted by Crippen LogP contribution is 2.38. The number of carbonyl (C=O) groups is 1. The van der Waals surface area contributed by atoms with Gasteiger partial charge < -0.3 is 14.8 Å². The predicted molar refractivity (Wildman–Crippen MR) is 110 cm³/mol. The van der Waals surface area contributed by atoms with Gasteiger partial charge >= 0.3 is 0 Å². The number of benzene rings is 2. The van der Waals surface area contributed by atoms with Gasteiger partial charge in [0.1, 0.15) is 11.5 Å². The summed E-state index contributed by atoms with van der Waals surface area (Å²) in [7, 11) is -3.82. The second kappa shape index (κ2) is 9.45. The van der Waals surface area contributed by atoms with Crippen molar-refractivity contribution in [2.45, 2.75) is 39.0 Å². The lowest BCUT2D eigenvalue weighted by atomic mass is 10.2. The molecule has 0 aliphatic carbocycles. The Morgan fingerprint density at radius 1 is 0.929 bits per heavy atom. The molecule has 28 heavy (non-hydrogen) atoms. The number of hydrogen-bond donors (Lipinski definition) is 2. The summed E-state index contributed by atoms with van der Waals surface area (Å²) in [4.78, 5) is 12.0. The van der Waals surface area contributed by atoms with E-state index >= 15 is 0 Å². The third-order valence-electron chi connectivity index (χ3n) is 3.85. The smallest absolute Gasteiger partial charge is 0.262 e. The molecule has 0 saturated heterocycles. The molecular weight excluding hydrogens is 380 g/mol. The molecule has 0 aliphatic heterocycles. The molecule has 1 amide bonds. The zero-order valence-corrected chi connectivity index (χ0v) is 17.4.